The van der Waals surface area contributed by atoms with Crippen LogP contribution in [0.1, 0.15) is 17.3 Å². The van der Waals surface area contributed by atoms with E-state index in [1.807, 2.05) is 0 Å². The largest absolute Gasteiger partial charge is 0.496 e. The SMILES string of the molecule is COc1ccc(F)c(I)c1C(C)=O. The number of hydrogen-bond donors (Lipinski definition) is 0. The Labute approximate surface area is 89.2 Å². The van der Waals surface area contributed by atoms with Gasteiger partial charge in [-0.15, -0.1) is 0 Å². The fraction of sp³-hybridized carbons (Fsp3) is 0.222. The van der Waals surface area contributed by atoms with Crippen molar-refractivity contribution in [2.45, 2.75) is 6.92 Å². The van der Waals surface area contributed by atoms with Gasteiger partial charge in [0.15, 0.2) is 5.78 Å². The van der Waals surface area contributed by atoms with Crippen LogP contribution in [0.25, 0.3) is 0 Å². The van der Waals surface area contributed by atoms with Gasteiger partial charge in [-0.05, 0) is 41.6 Å². The minimum absolute atomic E-state index is 0.194. The van der Waals surface area contributed by atoms with Gasteiger partial charge in [-0.2, -0.15) is 0 Å². The van der Waals surface area contributed by atoms with Gasteiger partial charge < -0.3 is 4.74 Å². The second-order valence-corrected chi connectivity index (χ2v) is 3.57. The van der Waals surface area contributed by atoms with Gasteiger partial charge >= 0.3 is 0 Å². The molecule has 2 nitrogen and oxygen atoms in total. The van der Waals surface area contributed by atoms with Gasteiger partial charge in [0.25, 0.3) is 0 Å². The second kappa shape index (κ2) is 4.04. The normalized spacial score (nSPS) is 9.85. The molecule has 13 heavy (non-hydrogen) atoms. The highest BCUT2D eigenvalue weighted by Gasteiger charge is 2.15. The van der Waals surface area contributed by atoms with Gasteiger partial charge in [0, 0.05) is 0 Å². The summed E-state index contributed by atoms with van der Waals surface area (Å²) in [6, 6.07) is 2.74. The van der Waals surface area contributed by atoms with Gasteiger partial charge in [0.05, 0.1) is 16.2 Å². The summed E-state index contributed by atoms with van der Waals surface area (Å²) in [6.45, 7) is 1.39. The Morgan fingerprint density at radius 2 is 2.15 bits per heavy atom. The maximum atomic E-state index is 13.0. The van der Waals surface area contributed by atoms with Crippen LogP contribution >= 0.6 is 22.6 Å². The summed E-state index contributed by atoms with van der Waals surface area (Å²) < 4.78 is 18.3. The molecule has 0 unspecified atom stereocenters. The first kappa shape index (κ1) is 10.4. The number of carbonyl (C=O) groups is 1. The third kappa shape index (κ3) is 1.99. The van der Waals surface area contributed by atoms with Crippen LogP contribution in [0.5, 0.6) is 5.75 Å². The third-order valence-corrected chi connectivity index (χ3v) is 2.68. The smallest absolute Gasteiger partial charge is 0.164 e. The van der Waals surface area contributed by atoms with Crippen LogP contribution in [-0.2, 0) is 0 Å². The number of ether oxygens (including phenoxy) is 1. The monoisotopic (exact) mass is 294 g/mol. The van der Waals surface area contributed by atoms with Crippen LogP contribution in [0.4, 0.5) is 4.39 Å². The van der Waals surface area contributed by atoms with Crippen LogP contribution in [-0.4, -0.2) is 12.9 Å². The number of halogens is 2. The summed E-state index contributed by atoms with van der Waals surface area (Å²) >= 11 is 1.79. The number of carbonyl (C=O) groups excluding carboxylic acids is 1. The molecule has 0 saturated carbocycles. The van der Waals surface area contributed by atoms with E-state index in [1.165, 1.54) is 26.2 Å². The standard InChI is InChI=1S/C9H8FIO2/c1-5(12)8-7(13-2)4-3-6(10)9(8)11/h3-4H,1-2H3. The lowest BCUT2D eigenvalue weighted by Crippen LogP contribution is -2.02. The highest BCUT2D eigenvalue weighted by Crippen LogP contribution is 2.26. The van der Waals surface area contributed by atoms with E-state index >= 15 is 0 Å². The number of benzene rings is 1. The van der Waals surface area contributed by atoms with Gasteiger partial charge in [-0.3, -0.25) is 4.79 Å². The van der Waals surface area contributed by atoms with Crippen molar-refractivity contribution in [2.75, 3.05) is 7.11 Å². The molecular weight excluding hydrogens is 286 g/mol. The molecule has 0 N–H and O–H groups in total. The van der Waals surface area contributed by atoms with E-state index in [-0.39, 0.29) is 5.78 Å². The Morgan fingerprint density at radius 1 is 1.54 bits per heavy atom. The molecule has 0 bridgehead atoms. The Kier molecular flexibility index (Phi) is 3.24. The maximum absolute atomic E-state index is 13.0. The minimum Gasteiger partial charge on any atom is -0.496 e. The fourth-order valence-corrected chi connectivity index (χ4v) is 1.86. The minimum atomic E-state index is -0.397. The van der Waals surface area contributed by atoms with E-state index in [0.717, 1.165) is 0 Å². The van der Waals surface area contributed by atoms with Gasteiger partial charge in [-0.1, -0.05) is 0 Å². The molecule has 0 heterocycles. The van der Waals surface area contributed by atoms with E-state index in [9.17, 15) is 9.18 Å². The first-order valence-corrected chi connectivity index (χ1v) is 4.68. The van der Waals surface area contributed by atoms with E-state index in [4.69, 9.17) is 4.74 Å². The average molecular weight is 294 g/mol. The summed E-state index contributed by atoms with van der Waals surface area (Å²) in [5.74, 6) is -0.175. The average Bonchev–Trinajstić information content (AvgIpc) is 2.08. The molecule has 0 aromatic heterocycles. The topological polar surface area (TPSA) is 26.3 Å². The van der Waals surface area contributed by atoms with Crippen LogP contribution in [0.3, 0.4) is 0 Å². The number of ketones is 1. The maximum Gasteiger partial charge on any atom is 0.164 e. The van der Waals surface area contributed by atoms with E-state index < -0.39 is 5.82 Å². The van der Waals surface area contributed by atoms with Crippen molar-refractivity contribution in [1.82, 2.24) is 0 Å². The molecule has 0 aliphatic rings. The molecule has 0 radical (unpaired) electrons. The first-order chi connectivity index (χ1) is 6.07. The molecule has 4 heteroatoms. The molecule has 0 aliphatic heterocycles. The van der Waals surface area contributed by atoms with E-state index in [2.05, 4.69) is 0 Å². The van der Waals surface area contributed by atoms with Crippen molar-refractivity contribution in [3.63, 3.8) is 0 Å². The molecule has 1 aromatic rings. The Bertz CT molecular complexity index is 350. The zero-order valence-electron chi connectivity index (χ0n) is 7.23. The molecule has 0 aliphatic carbocycles. The van der Waals surface area contributed by atoms with Crippen LogP contribution in [0.15, 0.2) is 12.1 Å². The Morgan fingerprint density at radius 3 is 2.62 bits per heavy atom. The van der Waals surface area contributed by atoms with Gasteiger partial charge in [-0.25, -0.2) is 4.39 Å². The molecule has 1 aromatic carbocycles. The number of methoxy groups -OCH3 is 1. The summed E-state index contributed by atoms with van der Waals surface area (Å²) in [5, 5.41) is 0. The molecule has 70 valence electrons. The Balaban J connectivity index is 3.41. The highest BCUT2D eigenvalue weighted by atomic mass is 127. The van der Waals surface area contributed by atoms with Gasteiger partial charge in [0.1, 0.15) is 11.6 Å². The number of rotatable bonds is 2. The molecular formula is C9H8FIO2. The second-order valence-electron chi connectivity index (χ2n) is 2.49. The van der Waals surface area contributed by atoms with Crippen LogP contribution in [0.2, 0.25) is 0 Å². The van der Waals surface area contributed by atoms with E-state index in [1.54, 1.807) is 22.6 Å². The van der Waals surface area contributed by atoms with Crippen molar-refractivity contribution >= 4 is 28.4 Å². The number of Topliss-reactive ketones (excluding diaryl/α,β-unsaturated/α-hetero) is 1. The van der Waals surface area contributed by atoms with Crippen molar-refractivity contribution in [3.05, 3.63) is 27.1 Å². The lowest BCUT2D eigenvalue weighted by Gasteiger charge is -2.07. The van der Waals surface area contributed by atoms with Gasteiger partial charge in [0.2, 0.25) is 0 Å². The molecule has 0 saturated heterocycles. The quantitative estimate of drug-likeness (QED) is 0.619. The summed E-state index contributed by atoms with van der Waals surface area (Å²) in [4.78, 5) is 11.1. The molecule has 0 atom stereocenters. The van der Waals surface area contributed by atoms with Crippen molar-refractivity contribution < 1.29 is 13.9 Å². The van der Waals surface area contributed by atoms with Crippen molar-refractivity contribution in [2.24, 2.45) is 0 Å². The Hall–Kier alpha value is -0.650. The van der Waals surface area contributed by atoms with E-state index in [0.29, 0.717) is 14.9 Å². The summed E-state index contributed by atoms with van der Waals surface area (Å²) in [6.07, 6.45) is 0. The molecule has 0 spiro atoms. The summed E-state index contributed by atoms with van der Waals surface area (Å²) in [7, 11) is 1.45. The third-order valence-electron chi connectivity index (χ3n) is 1.63. The van der Waals surface area contributed by atoms with Crippen LogP contribution in [0, 0.1) is 9.39 Å². The first-order valence-electron chi connectivity index (χ1n) is 3.61. The zero-order chi connectivity index (χ0) is 10.0. The lowest BCUT2D eigenvalue weighted by atomic mass is 10.1. The molecule has 0 amide bonds. The lowest BCUT2D eigenvalue weighted by molar-refractivity contribution is 0.101. The van der Waals surface area contributed by atoms with Crippen molar-refractivity contribution in [1.29, 1.82) is 0 Å². The zero-order valence-corrected chi connectivity index (χ0v) is 9.38. The predicted octanol–water partition coefficient (Wildman–Crippen LogP) is 2.64. The van der Waals surface area contributed by atoms with Crippen molar-refractivity contribution in [3.8, 4) is 5.75 Å². The predicted molar refractivity (Wildman–Crippen MR) is 55.7 cm³/mol. The highest BCUT2D eigenvalue weighted by molar-refractivity contribution is 14.1. The fourth-order valence-electron chi connectivity index (χ4n) is 1.03. The molecule has 0 fully saturated rings. The summed E-state index contributed by atoms with van der Waals surface area (Å²) in [5.41, 5.74) is 0.308. The van der Waals surface area contributed by atoms with Crippen LogP contribution < -0.4 is 4.74 Å². The number of hydrogen-bond acceptors (Lipinski definition) is 2. The molecule has 1 rings (SSSR count).